The number of hydrogen-bond donors (Lipinski definition) is 0. The zero-order chi connectivity index (χ0) is 11.1. The number of carbonyl (C=O) groups is 1. The van der Waals surface area contributed by atoms with Gasteiger partial charge in [0.1, 0.15) is 5.82 Å². The van der Waals surface area contributed by atoms with Gasteiger partial charge in [0.25, 0.3) is 0 Å². The maximum Gasteiger partial charge on any atom is 0.185 e. The molecule has 2 nitrogen and oxygen atoms in total. The van der Waals surface area contributed by atoms with E-state index in [2.05, 4.69) is 16.8 Å². The van der Waals surface area contributed by atoms with Crippen molar-refractivity contribution in [3.63, 3.8) is 0 Å². The van der Waals surface area contributed by atoms with Crippen molar-refractivity contribution >= 4 is 16.9 Å². The molecule has 0 unspecified atom stereocenters. The second-order valence-corrected chi connectivity index (χ2v) is 4.06. The van der Waals surface area contributed by atoms with Crippen molar-refractivity contribution in [1.82, 2.24) is 4.98 Å². The first-order valence-electron chi connectivity index (χ1n) is 4.41. The molecule has 0 aromatic carbocycles. The Labute approximate surface area is 92.3 Å². The van der Waals surface area contributed by atoms with Gasteiger partial charge in [0.15, 0.2) is 5.12 Å². The van der Waals surface area contributed by atoms with Gasteiger partial charge in [0, 0.05) is 30.9 Å². The van der Waals surface area contributed by atoms with Crippen LogP contribution >= 0.6 is 11.8 Å². The lowest BCUT2D eigenvalue weighted by atomic mass is 10.3. The molecule has 1 aromatic heterocycles. The normalized spacial score (nSPS) is 9.20. The lowest BCUT2D eigenvalue weighted by molar-refractivity contribution is -0.109. The highest BCUT2D eigenvalue weighted by Gasteiger charge is 1.92. The monoisotopic (exact) mass is 223 g/mol. The second-order valence-electron chi connectivity index (χ2n) is 2.78. The number of nitrogens with zero attached hydrogens (tertiary/aromatic N) is 1. The van der Waals surface area contributed by atoms with Gasteiger partial charge in [-0.05, 0) is 6.07 Å². The molecule has 0 aliphatic rings. The molecule has 0 aliphatic heterocycles. The van der Waals surface area contributed by atoms with Crippen molar-refractivity contribution in [2.45, 2.75) is 13.3 Å². The zero-order valence-corrected chi connectivity index (χ0v) is 9.10. The van der Waals surface area contributed by atoms with E-state index in [0.29, 0.717) is 17.7 Å². The van der Waals surface area contributed by atoms with Crippen molar-refractivity contribution in [3.8, 4) is 11.8 Å². The van der Waals surface area contributed by atoms with Gasteiger partial charge in [-0.2, -0.15) is 0 Å². The summed E-state index contributed by atoms with van der Waals surface area (Å²) in [7, 11) is 0. The zero-order valence-electron chi connectivity index (χ0n) is 8.29. The second kappa shape index (κ2) is 6.20. The van der Waals surface area contributed by atoms with E-state index in [1.165, 1.54) is 30.9 Å². The van der Waals surface area contributed by atoms with Crippen molar-refractivity contribution in [2.75, 3.05) is 5.75 Å². The highest BCUT2D eigenvalue weighted by molar-refractivity contribution is 8.13. The van der Waals surface area contributed by atoms with Gasteiger partial charge in [-0.15, -0.1) is 0 Å². The SMILES string of the molecule is CC(=O)SCCC#Cc1cncc(F)c1. The molecular weight excluding hydrogens is 213 g/mol. The van der Waals surface area contributed by atoms with Crippen LogP contribution in [0.4, 0.5) is 4.39 Å². The summed E-state index contributed by atoms with van der Waals surface area (Å²) >= 11 is 1.24. The van der Waals surface area contributed by atoms with Gasteiger partial charge >= 0.3 is 0 Å². The summed E-state index contributed by atoms with van der Waals surface area (Å²) in [6.45, 7) is 1.52. The molecule has 15 heavy (non-hydrogen) atoms. The maximum absolute atomic E-state index is 12.7. The maximum atomic E-state index is 12.7. The standard InChI is InChI=1S/C11H10FNOS/c1-9(14)15-5-3-2-4-10-6-11(12)8-13-7-10/h6-8H,3,5H2,1H3. The number of hydrogen-bond acceptors (Lipinski definition) is 3. The summed E-state index contributed by atoms with van der Waals surface area (Å²) in [5.74, 6) is 5.92. The topological polar surface area (TPSA) is 30.0 Å². The molecule has 0 fully saturated rings. The van der Waals surface area contributed by atoms with E-state index < -0.39 is 0 Å². The van der Waals surface area contributed by atoms with Crippen LogP contribution in [0.3, 0.4) is 0 Å². The molecular formula is C11H10FNOS. The first-order chi connectivity index (χ1) is 7.18. The number of carbonyl (C=O) groups excluding carboxylic acids is 1. The number of pyridine rings is 1. The fourth-order valence-electron chi connectivity index (χ4n) is 0.891. The van der Waals surface area contributed by atoms with Crippen molar-refractivity contribution in [2.24, 2.45) is 0 Å². The van der Waals surface area contributed by atoms with Gasteiger partial charge in [0.2, 0.25) is 0 Å². The lowest BCUT2D eigenvalue weighted by Gasteiger charge is -1.90. The van der Waals surface area contributed by atoms with E-state index in [9.17, 15) is 9.18 Å². The molecule has 0 saturated heterocycles. The molecule has 1 aromatic rings. The molecule has 0 amide bonds. The highest BCUT2D eigenvalue weighted by atomic mass is 32.2. The van der Waals surface area contributed by atoms with Gasteiger partial charge in [-0.3, -0.25) is 9.78 Å². The van der Waals surface area contributed by atoms with Crippen LogP contribution in [-0.4, -0.2) is 15.9 Å². The van der Waals surface area contributed by atoms with Gasteiger partial charge in [0.05, 0.1) is 6.20 Å². The Morgan fingerprint density at radius 2 is 2.40 bits per heavy atom. The van der Waals surface area contributed by atoms with Crippen LogP contribution in [0.1, 0.15) is 18.9 Å². The van der Waals surface area contributed by atoms with Crippen LogP contribution < -0.4 is 0 Å². The van der Waals surface area contributed by atoms with Crippen molar-refractivity contribution in [1.29, 1.82) is 0 Å². The number of halogens is 1. The molecule has 0 radical (unpaired) electrons. The number of aromatic nitrogens is 1. The van der Waals surface area contributed by atoms with Gasteiger partial charge in [-0.25, -0.2) is 4.39 Å². The van der Waals surface area contributed by atoms with Gasteiger partial charge < -0.3 is 0 Å². The Morgan fingerprint density at radius 1 is 1.60 bits per heavy atom. The van der Waals surface area contributed by atoms with Gasteiger partial charge in [-0.1, -0.05) is 23.6 Å². The van der Waals surface area contributed by atoms with Crippen LogP contribution in [0.2, 0.25) is 0 Å². The molecule has 0 atom stereocenters. The number of rotatable bonds is 2. The summed E-state index contributed by atoms with van der Waals surface area (Å²) in [5, 5.41) is 0.0872. The van der Waals surface area contributed by atoms with E-state index >= 15 is 0 Å². The Hall–Kier alpha value is -1.34. The summed E-state index contributed by atoms with van der Waals surface area (Å²) in [6, 6.07) is 1.33. The van der Waals surface area contributed by atoms with Crippen LogP contribution in [0.15, 0.2) is 18.5 Å². The van der Waals surface area contributed by atoms with E-state index in [1.54, 1.807) is 0 Å². The fraction of sp³-hybridized carbons (Fsp3) is 0.273. The first kappa shape index (κ1) is 11.7. The average Bonchev–Trinajstić information content (AvgIpc) is 2.17. The minimum atomic E-state index is -0.389. The van der Waals surface area contributed by atoms with Crippen molar-refractivity contribution < 1.29 is 9.18 Å². The molecule has 1 heterocycles. The molecule has 0 aliphatic carbocycles. The highest BCUT2D eigenvalue weighted by Crippen LogP contribution is 2.02. The molecule has 0 saturated carbocycles. The van der Waals surface area contributed by atoms with Crippen LogP contribution in [0.5, 0.6) is 0 Å². The third-order valence-corrected chi connectivity index (χ3v) is 2.28. The summed E-state index contributed by atoms with van der Waals surface area (Å²) < 4.78 is 12.7. The predicted octanol–water partition coefficient (Wildman–Crippen LogP) is 2.24. The summed E-state index contributed by atoms with van der Waals surface area (Å²) in [4.78, 5) is 14.3. The molecule has 1 rings (SSSR count). The largest absolute Gasteiger partial charge is 0.288 e. The minimum absolute atomic E-state index is 0.0872. The minimum Gasteiger partial charge on any atom is -0.288 e. The van der Waals surface area contributed by atoms with Crippen LogP contribution in [-0.2, 0) is 4.79 Å². The third kappa shape index (κ3) is 5.18. The Kier molecular flexibility index (Phi) is 4.85. The fourth-order valence-corrected chi connectivity index (χ4v) is 1.38. The summed E-state index contributed by atoms with van der Waals surface area (Å²) in [5.41, 5.74) is 0.558. The first-order valence-corrected chi connectivity index (χ1v) is 5.40. The summed E-state index contributed by atoms with van der Waals surface area (Å²) in [6.07, 6.45) is 3.26. The van der Waals surface area contributed by atoms with E-state index in [4.69, 9.17) is 0 Å². The lowest BCUT2D eigenvalue weighted by Crippen LogP contribution is -1.84. The molecule has 78 valence electrons. The van der Waals surface area contributed by atoms with Crippen LogP contribution in [0.25, 0.3) is 0 Å². The Morgan fingerprint density at radius 3 is 3.07 bits per heavy atom. The quantitative estimate of drug-likeness (QED) is 0.569. The van der Waals surface area contributed by atoms with E-state index in [1.807, 2.05) is 0 Å². The number of thioether (sulfide) groups is 1. The molecule has 0 bridgehead atoms. The Balaban J connectivity index is 2.41. The van der Waals surface area contributed by atoms with Crippen LogP contribution in [0, 0.1) is 17.7 Å². The van der Waals surface area contributed by atoms with Crippen molar-refractivity contribution in [3.05, 3.63) is 29.8 Å². The van der Waals surface area contributed by atoms with E-state index in [-0.39, 0.29) is 10.9 Å². The molecule has 0 N–H and O–H groups in total. The predicted molar refractivity (Wildman–Crippen MR) is 58.8 cm³/mol. The molecule has 0 spiro atoms. The average molecular weight is 223 g/mol. The third-order valence-electron chi connectivity index (χ3n) is 1.47. The van der Waals surface area contributed by atoms with E-state index in [0.717, 1.165) is 6.20 Å². The smallest absolute Gasteiger partial charge is 0.185 e. The Bertz CT molecular complexity index is 409. The molecule has 4 heteroatoms.